The predicted molar refractivity (Wildman–Crippen MR) is 179 cm³/mol. The van der Waals surface area contributed by atoms with Crippen molar-refractivity contribution in [3.8, 4) is 11.5 Å². The molecular formula is C40H36O7. The van der Waals surface area contributed by atoms with Gasteiger partial charge >= 0.3 is 11.9 Å². The van der Waals surface area contributed by atoms with Crippen molar-refractivity contribution >= 4 is 17.7 Å². The molecule has 238 valence electrons. The Kier molecular flexibility index (Phi) is 10.5. The average Bonchev–Trinajstić information content (AvgIpc) is 3.09. The molecule has 5 aromatic rings. The van der Waals surface area contributed by atoms with E-state index in [0.717, 1.165) is 16.7 Å². The van der Waals surface area contributed by atoms with Crippen LogP contribution in [0.15, 0.2) is 127 Å². The number of ketones is 1. The Morgan fingerprint density at radius 3 is 1.43 bits per heavy atom. The van der Waals surface area contributed by atoms with Gasteiger partial charge in [-0.15, -0.1) is 0 Å². The van der Waals surface area contributed by atoms with Crippen molar-refractivity contribution in [3.63, 3.8) is 0 Å². The fraction of sp³-hybridized carbons (Fsp3) is 0.175. The highest BCUT2D eigenvalue weighted by atomic mass is 16.6. The highest BCUT2D eigenvalue weighted by Crippen LogP contribution is 2.36. The van der Waals surface area contributed by atoms with E-state index in [-0.39, 0.29) is 53.6 Å². The minimum Gasteiger partial charge on any atom is -0.488 e. The van der Waals surface area contributed by atoms with Crippen LogP contribution in [0.5, 0.6) is 11.5 Å². The first-order chi connectivity index (χ1) is 22.7. The Hall–Kier alpha value is -5.69. The van der Waals surface area contributed by atoms with Crippen LogP contribution < -0.4 is 9.47 Å². The van der Waals surface area contributed by atoms with Crippen LogP contribution in [0.25, 0.3) is 0 Å². The second-order valence-corrected chi connectivity index (χ2v) is 11.8. The van der Waals surface area contributed by atoms with Crippen molar-refractivity contribution in [2.24, 2.45) is 0 Å². The van der Waals surface area contributed by atoms with Crippen LogP contribution in [0, 0.1) is 0 Å². The van der Waals surface area contributed by atoms with Gasteiger partial charge in [-0.3, -0.25) is 4.79 Å². The van der Waals surface area contributed by atoms with Crippen molar-refractivity contribution in [2.45, 2.75) is 46.2 Å². The molecule has 0 atom stereocenters. The summed E-state index contributed by atoms with van der Waals surface area (Å²) in [6.07, 6.45) is 0. The van der Waals surface area contributed by atoms with E-state index in [1.54, 1.807) is 45.0 Å². The summed E-state index contributed by atoms with van der Waals surface area (Å²) in [7, 11) is 0. The molecule has 47 heavy (non-hydrogen) atoms. The zero-order chi connectivity index (χ0) is 33.2. The van der Waals surface area contributed by atoms with Crippen molar-refractivity contribution in [1.82, 2.24) is 0 Å². The van der Waals surface area contributed by atoms with Crippen LogP contribution in [0.4, 0.5) is 0 Å². The van der Waals surface area contributed by atoms with E-state index in [0.29, 0.717) is 0 Å². The first-order valence-electron chi connectivity index (χ1n) is 15.3. The number of carbonyl (C=O) groups excluding carboxylic acids is 3. The van der Waals surface area contributed by atoms with E-state index < -0.39 is 23.3 Å². The Balaban J connectivity index is 1.58. The number of hydrogen-bond donors (Lipinski definition) is 0. The lowest BCUT2D eigenvalue weighted by Gasteiger charge is -2.22. The molecule has 7 heteroatoms. The van der Waals surface area contributed by atoms with Gasteiger partial charge in [-0.2, -0.15) is 0 Å². The largest absolute Gasteiger partial charge is 0.488 e. The van der Waals surface area contributed by atoms with E-state index in [4.69, 9.17) is 18.9 Å². The molecule has 0 saturated heterocycles. The lowest BCUT2D eigenvalue weighted by atomic mass is 9.95. The summed E-state index contributed by atoms with van der Waals surface area (Å²) in [5.74, 6) is -1.56. The van der Waals surface area contributed by atoms with Gasteiger partial charge < -0.3 is 18.9 Å². The molecule has 0 saturated carbocycles. The van der Waals surface area contributed by atoms with Crippen molar-refractivity contribution in [2.75, 3.05) is 0 Å². The molecule has 7 nitrogen and oxygen atoms in total. The maximum Gasteiger partial charge on any atom is 0.339 e. The van der Waals surface area contributed by atoms with Gasteiger partial charge in [-0.1, -0.05) is 109 Å². The highest BCUT2D eigenvalue weighted by molar-refractivity contribution is 6.17. The summed E-state index contributed by atoms with van der Waals surface area (Å²) in [6, 6.07) is 37.6. The number of carbonyl (C=O) groups is 3. The SMILES string of the molecule is CC(C)(C)OC(=O)c1cc(OCc2ccccc2)c(C(=O)c2ccccc2C(=O)OCc2ccccc2)c(OCc2ccccc2)c1. The monoisotopic (exact) mass is 628 g/mol. The predicted octanol–water partition coefficient (Wildman–Crippen LogP) is 8.39. The van der Waals surface area contributed by atoms with E-state index in [1.165, 1.54) is 12.1 Å². The molecule has 0 bridgehead atoms. The molecule has 0 spiro atoms. The second kappa shape index (κ2) is 15.1. The number of hydrogen-bond acceptors (Lipinski definition) is 7. The average molecular weight is 629 g/mol. The summed E-state index contributed by atoms with van der Waals surface area (Å²) in [4.78, 5) is 41.2. The third-order valence-corrected chi connectivity index (χ3v) is 7.01. The van der Waals surface area contributed by atoms with Crippen LogP contribution in [-0.2, 0) is 29.3 Å². The van der Waals surface area contributed by atoms with Gasteiger partial charge in [0.2, 0.25) is 5.78 Å². The molecule has 0 aliphatic carbocycles. The Morgan fingerprint density at radius 2 is 0.957 bits per heavy atom. The molecule has 0 aliphatic heterocycles. The lowest BCUT2D eigenvalue weighted by molar-refractivity contribution is 0.00680. The number of benzene rings is 5. The lowest BCUT2D eigenvalue weighted by Crippen LogP contribution is -2.24. The van der Waals surface area contributed by atoms with Crippen molar-refractivity contribution in [1.29, 1.82) is 0 Å². The minimum atomic E-state index is -0.763. The number of esters is 2. The fourth-order valence-electron chi connectivity index (χ4n) is 4.76. The normalized spacial score (nSPS) is 11.0. The summed E-state index contributed by atoms with van der Waals surface area (Å²) < 4.78 is 23.8. The van der Waals surface area contributed by atoms with E-state index in [2.05, 4.69) is 0 Å². The minimum absolute atomic E-state index is 0.0453. The molecule has 5 aromatic carbocycles. The Morgan fingerprint density at radius 1 is 0.532 bits per heavy atom. The van der Waals surface area contributed by atoms with E-state index in [9.17, 15) is 14.4 Å². The third kappa shape index (κ3) is 8.95. The molecule has 0 radical (unpaired) electrons. The van der Waals surface area contributed by atoms with Crippen molar-refractivity contribution in [3.05, 3.63) is 166 Å². The van der Waals surface area contributed by atoms with Gasteiger partial charge in [-0.05, 0) is 55.7 Å². The standard InChI is InChI=1S/C40H36O7/c1-40(2,3)47-38(42)31-23-34(44-25-28-15-7-4-8-16-28)36(35(24-31)45-26-29-17-9-5-10-18-29)37(41)32-21-13-14-22-33(32)39(43)46-27-30-19-11-6-12-20-30/h4-24H,25-27H2,1-3H3. The van der Waals surface area contributed by atoms with Gasteiger partial charge in [0.15, 0.2) is 0 Å². The molecule has 0 fully saturated rings. The Bertz CT molecular complexity index is 1760. The summed E-state index contributed by atoms with van der Waals surface area (Å²) in [5, 5.41) is 0. The van der Waals surface area contributed by atoms with E-state index >= 15 is 0 Å². The van der Waals surface area contributed by atoms with Crippen LogP contribution in [0.3, 0.4) is 0 Å². The zero-order valence-corrected chi connectivity index (χ0v) is 26.6. The second-order valence-electron chi connectivity index (χ2n) is 11.8. The fourth-order valence-corrected chi connectivity index (χ4v) is 4.76. The van der Waals surface area contributed by atoms with E-state index in [1.807, 2.05) is 91.0 Å². The first kappa shape index (κ1) is 32.7. The van der Waals surface area contributed by atoms with Gasteiger partial charge in [0.25, 0.3) is 0 Å². The topological polar surface area (TPSA) is 88.1 Å². The number of ether oxygens (including phenoxy) is 4. The zero-order valence-electron chi connectivity index (χ0n) is 26.6. The van der Waals surface area contributed by atoms with Crippen LogP contribution in [-0.4, -0.2) is 23.3 Å². The Labute approximate surface area is 274 Å². The first-order valence-corrected chi connectivity index (χ1v) is 15.3. The van der Waals surface area contributed by atoms with Crippen LogP contribution in [0.1, 0.15) is 74.1 Å². The molecule has 0 unspecified atom stereocenters. The molecule has 0 heterocycles. The molecule has 0 N–H and O–H groups in total. The molecule has 0 aromatic heterocycles. The maximum absolute atomic E-state index is 14.5. The summed E-state index contributed by atoms with van der Waals surface area (Å²) >= 11 is 0. The quantitative estimate of drug-likeness (QED) is 0.101. The van der Waals surface area contributed by atoms with Gasteiger partial charge in [0.1, 0.15) is 42.5 Å². The maximum atomic E-state index is 14.5. The summed E-state index contributed by atoms with van der Waals surface area (Å²) in [6.45, 7) is 5.59. The van der Waals surface area contributed by atoms with Gasteiger partial charge in [0, 0.05) is 5.56 Å². The van der Waals surface area contributed by atoms with Crippen molar-refractivity contribution < 1.29 is 33.3 Å². The number of rotatable bonds is 12. The summed E-state index contributed by atoms with van der Waals surface area (Å²) in [5.41, 5.74) is 2.16. The van der Waals surface area contributed by atoms with Gasteiger partial charge in [0.05, 0.1) is 11.1 Å². The molecule has 0 amide bonds. The third-order valence-electron chi connectivity index (χ3n) is 7.01. The highest BCUT2D eigenvalue weighted by Gasteiger charge is 2.29. The van der Waals surface area contributed by atoms with Gasteiger partial charge in [-0.25, -0.2) is 9.59 Å². The molecule has 5 rings (SSSR count). The molecule has 0 aliphatic rings. The smallest absolute Gasteiger partial charge is 0.339 e. The van der Waals surface area contributed by atoms with Crippen LogP contribution in [0.2, 0.25) is 0 Å². The molecular weight excluding hydrogens is 592 g/mol. The van der Waals surface area contributed by atoms with Crippen LogP contribution >= 0.6 is 0 Å².